The second-order valence-corrected chi connectivity index (χ2v) is 6.78. The average Bonchev–Trinajstić information content (AvgIpc) is 3.22. The zero-order valence-corrected chi connectivity index (χ0v) is 15.4. The number of pyridine rings is 1. The summed E-state index contributed by atoms with van der Waals surface area (Å²) in [6.45, 7) is 0. The second-order valence-electron chi connectivity index (χ2n) is 5.59. The first-order valence-electron chi connectivity index (χ1n) is 7.98. The highest BCUT2D eigenvalue weighted by Crippen LogP contribution is 2.26. The number of nitrogens with one attached hydrogen (secondary N) is 2. The van der Waals surface area contributed by atoms with Gasteiger partial charge in [0.25, 0.3) is 0 Å². The summed E-state index contributed by atoms with van der Waals surface area (Å²) in [4.78, 5) is 12.9. The lowest BCUT2D eigenvalue weighted by atomic mass is 10.1. The Balaban J connectivity index is 1.51. The number of rotatable bonds is 5. The van der Waals surface area contributed by atoms with E-state index in [2.05, 4.69) is 31.0 Å². The number of aromatic nitrogens is 3. The first-order chi connectivity index (χ1) is 13.2. The van der Waals surface area contributed by atoms with Crippen LogP contribution in [-0.2, 0) is 0 Å². The molecular formula is C19H13ClFN5S. The Morgan fingerprint density at radius 1 is 0.889 bits per heavy atom. The molecule has 2 N–H and O–H groups in total. The number of halogens is 2. The number of benzene rings is 1. The third kappa shape index (κ3) is 4.21. The fourth-order valence-electron chi connectivity index (χ4n) is 2.37. The molecule has 8 heteroatoms. The van der Waals surface area contributed by atoms with Crippen LogP contribution >= 0.6 is 22.9 Å². The van der Waals surface area contributed by atoms with Crippen LogP contribution in [0.2, 0.25) is 5.02 Å². The Hall–Kier alpha value is -3.03. The van der Waals surface area contributed by atoms with Crippen molar-refractivity contribution >= 4 is 46.2 Å². The van der Waals surface area contributed by atoms with E-state index in [0.717, 1.165) is 11.1 Å². The van der Waals surface area contributed by atoms with Crippen LogP contribution in [-0.4, -0.2) is 15.0 Å². The molecule has 0 fully saturated rings. The van der Waals surface area contributed by atoms with Gasteiger partial charge in [-0.3, -0.25) is 0 Å². The standard InChI is InChI=1S/C19H13ClFN5S/c20-16-10-23-19(26-18(16)24-15-4-2-14(21)3-5-15)25-17-6-1-12(9-22-17)13-7-8-27-11-13/h1-11H,(H2,22,23,24,25,26). The summed E-state index contributed by atoms with van der Waals surface area (Å²) in [6, 6.07) is 11.8. The molecule has 0 amide bonds. The maximum atomic E-state index is 13.0. The van der Waals surface area contributed by atoms with E-state index < -0.39 is 0 Å². The fourth-order valence-corrected chi connectivity index (χ4v) is 3.17. The summed E-state index contributed by atoms with van der Waals surface area (Å²) >= 11 is 7.80. The average molecular weight is 398 g/mol. The number of hydrogen-bond donors (Lipinski definition) is 2. The van der Waals surface area contributed by atoms with Crippen molar-refractivity contribution in [3.63, 3.8) is 0 Å². The summed E-state index contributed by atoms with van der Waals surface area (Å²) in [7, 11) is 0. The van der Waals surface area contributed by atoms with Gasteiger partial charge in [0.1, 0.15) is 16.7 Å². The third-order valence-electron chi connectivity index (χ3n) is 3.71. The van der Waals surface area contributed by atoms with Gasteiger partial charge >= 0.3 is 0 Å². The lowest BCUT2D eigenvalue weighted by Crippen LogP contribution is -2.02. The van der Waals surface area contributed by atoms with Crippen molar-refractivity contribution in [2.75, 3.05) is 10.6 Å². The molecule has 27 heavy (non-hydrogen) atoms. The number of hydrogen-bond acceptors (Lipinski definition) is 6. The van der Waals surface area contributed by atoms with Crippen molar-refractivity contribution in [2.45, 2.75) is 0 Å². The molecule has 4 aromatic rings. The van der Waals surface area contributed by atoms with Gasteiger partial charge in [-0.25, -0.2) is 14.4 Å². The molecule has 5 nitrogen and oxygen atoms in total. The Morgan fingerprint density at radius 3 is 2.44 bits per heavy atom. The monoisotopic (exact) mass is 397 g/mol. The number of nitrogens with zero attached hydrogens (tertiary/aromatic N) is 3. The third-order valence-corrected chi connectivity index (χ3v) is 4.67. The molecule has 0 saturated carbocycles. The lowest BCUT2D eigenvalue weighted by molar-refractivity contribution is 0.628. The summed E-state index contributed by atoms with van der Waals surface area (Å²) < 4.78 is 13.0. The van der Waals surface area contributed by atoms with Crippen molar-refractivity contribution in [3.8, 4) is 11.1 Å². The highest BCUT2D eigenvalue weighted by atomic mass is 35.5. The van der Waals surface area contributed by atoms with E-state index in [1.165, 1.54) is 18.3 Å². The van der Waals surface area contributed by atoms with Gasteiger partial charge in [-0.2, -0.15) is 16.3 Å². The van der Waals surface area contributed by atoms with Crippen molar-refractivity contribution < 1.29 is 4.39 Å². The molecule has 0 aliphatic heterocycles. The van der Waals surface area contributed by atoms with Crippen LogP contribution in [0.3, 0.4) is 0 Å². The van der Waals surface area contributed by atoms with Crippen molar-refractivity contribution in [3.05, 3.63) is 76.5 Å². The van der Waals surface area contributed by atoms with Crippen molar-refractivity contribution in [1.82, 2.24) is 15.0 Å². The van der Waals surface area contributed by atoms with E-state index in [0.29, 0.717) is 28.3 Å². The van der Waals surface area contributed by atoms with Gasteiger partial charge in [0.2, 0.25) is 5.95 Å². The highest BCUT2D eigenvalue weighted by molar-refractivity contribution is 7.08. The van der Waals surface area contributed by atoms with Gasteiger partial charge in [-0.1, -0.05) is 11.6 Å². The smallest absolute Gasteiger partial charge is 0.230 e. The summed E-state index contributed by atoms with van der Waals surface area (Å²) in [6.07, 6.45) is 3.28. The molecule has 0 aliphatic carbocycles. The molecule has 0 atom stereocenters. The minimum atomic E-state index is -0.311. The molecular weight excluding hydrogens is 385 g/mol. The molecule has 0 radical (unpaired) electrons. The predicted molar refractivity (Wildman–Crippen MR) is 108 cm³/mol. The quantitative estimate of drug-likeness (QED) is 0.440. The zero-order valence-electron chi connectivity index (χ0n) is 13.9. The van der Waals surface area contributed by atoms with Gasteiger partial charge in [-0.05, 0) is 58.8 Å². The number of thiophene rings is 1. The molecule has 3 aromatic heterocycles. The Morgan fingerprint density at radius 2 is 1.74 bits per heavy atom. The van der Waals surface area contributed by atoms with Crippen LogP contribution in [0.5, 0.6) is 0 Å². The summed E-state index contributed by atoms with van der Waals surface area (Å²) in [5.41, 5.74) is 2.84. The molecule has 0 unspecified atom stereocenters. The van der Waals surface area contributed by atoms with Gasteiger partial charge in [0, 0.05) is 17.4 Å². The molecule has 4 rings (SSSR count). The molecule has 3 heterocycles. The van der Waals surface area contributed by atoms with Crippen LogP contribution in [0, 0.1) is 5.82 Å². The zero-order chi connectivity index (χ0) is 18.6. The Bertz CT molecular complexity index is 1040. The first kappa shape index (κ1) is 17.4. The fraction of sp³-hybridized carbons (Fsp3) is 0. The maximum Gasteiger partial charge on any atom is 0.230 e. The van der Waals surface area contributed by atoms with E-state index >= 15 is 0 Å². The van der Waals surface area contributed by atoms with E-state index in [1.807, 2.05) is 23.6 Å². The SMILES string of the molecule is Fc1ccc(Nc2nc(Nc3ccc(-c4ccsc4)cn3)ncc2Cl)cc1. The first-order valence-corrected chi connectivity index (χ1v) is 9.30. The molecule has 1 aromatic carbocycles. The topological polar surface area (TPSA) is 62.7 Å². The molecule has 0 aliphatic rings. The van der Waals surface area contributed by atoms with Crippen molar-refractivity contribution in [1.29, 1.82) is 0 Å². The van der Waals surface area contributed by atoms with Gasteiger partial charge in [-0.15, -0.1) is 0 Å². The van der Waals surface area contributed by atoms with Crippen LogP contribution in [0.25, 0.3) is 11.1 Å². The van der Waals surface area contributed by atoms with Crippen LogP contribution in [0.4, 0.5) is 27.7 Å². The molecule has 134 valence electrons. The highest BCUT2D eigenvalue weighted by Gasteiger charge is 2.08. The predicted octanol–water partition coefficient (Wildman–Crippen LogP) is 5.88. The molecule has 0 spiro atoms. The summed E-state index contributed by atoms with van der Waals surface area (Å²) in [5, 5.41) is 10.5. The normalized spacial score (nSPS) is 10.6. The van der Waals surface area contributed by atoms with E-state index in [9.17, 15) is 4.39 Å². The summed E-state index contributed by atoms with van der Waals surface area (Å²) in [5.74, 6) is 1.06. The number of anilines is 4. The van der Waals surface area contributed by atoms with Gasteiger partial charge in [0.05, 0.1) is 6.20 Å². The van der Waals surface area contributed by atoms with Gasteiger partial charge < -0.3 is 10.6 Å². The van der Waals surface area contributed by atoms with Crippen LogP contribution < -0.4 is 10.6 Å². The Labute approximate surface area is 163 Å². The lowest BCUT2D eigenvalue weighted by Gasteiger charge is -2.10. The van der Waals surface area contributed by atoms with Crippen LogP contribution in [0.15, 0.2) is 65.6 Å². The van der Waals surface area contributed by atoms with Crippen LogP contribution in [0.1, 0.15) is 0 Å². The largest absolute Gasteiger partial charge is 0.339 e. The van der Waals surface area contributed by atoms with Crippen molar-refractivity contribution in [2.24, 2.45) is 0 Å². The van der Waals surface area contributed by atoms with E-state index in [4.69, 9.17) is 11.6 Å². The second kappa shape index (κ2) is 7.69. The minimum Gasteiger partial charge on any atom is -0.339 e. The Kier molecular flexibility index (Phi) is 4.95. The van der Waals surface area contributed by atoms with E-state index in [1.54, 1.807) is 29.7 Å². The van der Waals surface area contributed by atoms with E-state index in [-0.39, 0.29) is 5.82 Å². The maximum absolute atomic E-state index is 13.0. The van der Waals surface area contributed by atoms with Gasteiger partial charge in [0.15, 0.2) is 5.82 Å². The minimum absolute atomic E-state index is 0.311. The molecule has 0 saturated heterocycles. The molecule has 0 bridgehead atoms.